The lowest BCUT2D eigenvalue weighted by atomic mass is 10.0. The average Bonchev–Trinajstić information content (AvgIpc) is 2.72. The van der Waals surface area contributed by atoms with Crippen LogP contribution in [0.25, 0.3) is 10.9 Å². The molecule has 1 heterocycles. The van der Waals surface area contributed by atoms with Crippen LogP contribution in [0.1, 0.15) is 21.5 Å². The van der Waals surface area contributed by atoms with Crippen molar-refractivity contribution in [1.29, 1.82) is 0 Å². The van der Waals surface area contributed by atoms with E-state index in [1.54, 1.807) is 36.5 Å². The van der Waals surface area contributed by atoms with Crippen molar-refractivity contribution in [3.8, 4) is 0 Å². The van der Waals surface area contributed by atoms with Crippen LogP contribution in [0.5, 0.6) is 0 Å². The SMILES string of the molecule is COC(=O)[C@H](Cc1ccc(C(F)(F)F)cc1)NC(=O)c1cccc2cccnc12. The molecule has 1 amide bonds. The van der Waals surface area contributed by atoms with Crippen LogP contribution in [0, 0.1) is 0 Å². The molecular formula is C21H17F3N2O3. The van der Waals surface area contributed by atoms with Gasteiger partial charge in [-0.2, -0.15) is 13.2 Å². The topological polar surface area (TPSA) is 68.3 Å². The fourth-order valence-electron chi connectivity index (χ4n) is 2.92. The normalized spacial score (nSPS) is 12.4. The number of fused-ring (bicyclic) bond motifs is 1. The van der Waals surface area contributed by atoms with Crippen LogP contribution in [0.4, 0.5) is 13.2 Å². The van der Waals surface area contributed by atoms with Crippen molar-refractivity contribution in [1.82, 2.24) is 10.3 Å². The van der Waals surface area contributed by atoms with E-state index in [0.717, 1.165) is 17.5 Å². The van der Waals surface area contributed by atoms with E-state index in [0.29, 0.717) is 11.1 Å². The molecule has 3 rings (SSSR count). The summed E-state index contributed by atoms with van der Waals surface area (Å²) in [6, 6.07) is 12.0. The van der Waals surface area contributed by atoms with Crippen molar-refractivity contribution in [3.63, 3.8) is 0 Å². The number of nitrogens with one attached hydrogen (secondary N) is 1. The molecule has 0 aliphatic rings. The molecule has 5 nitrogen and oxygen atoms in total. The van der Waals surface area contributed by atoms with Crippen molar-refractivity contribution in [2.45, 2.75) is 18.6 Å². The lowest BCUT2D eigenvalue weighted by Crippen LogP contribution is -2.43. The maximum atomic E-state index is 12.8. The Morgan fingerprint density at radius 2 is 1.76 bits per heavy atom. The first-order valence-electron chi connectivity index (χ1n) is 8.68. The van der Waals surface area contributed by atoms with E-state index in [4.69, 9.17) is 4.74 Å². The van der Waals surface area contributed by atoms with Crippen molar-refractivity contribution in [3.05, 3.63) is 77.5 Å². The second kappa shape index (κ2) is 8.30. The number of nitrogens with zero attached hydrogens (tertiary/aromatic N) is 1. The van der Waals surface area contributed by atoms with Gasteiger partial charge >= 0.3 is 12.1 Å². The summed E-state index contributed by atoms with van der Waals surface area (Å²) >= 11 is 0. The summed E-state index contributed by atoms with van der Waals surface area (Å²) in [6.07, 6.45) is -2.91. The van der Waals surface area contributed by atoms with Gasteiger partial charge < -0.3 is 10.1 Å². The van der Waals surface area contributed by atoms with Crippen LogP contribution in [0.2, 0.25) is 0 Å². The van der Waals surface area contributed by atoms with Gasteiger partial charge in [0.25, 0.3) is 5.91 Å². The van der Waals surface area contributed by atoms with Crippen LogP contribution in [-0.2, 0) is 22.1 Å². The van der Waals surface area contributed by atoms with E-state index in [-0.39, 0.29) is 12.0 Å². The first-order valence-corrected chi connectivity index (χ1v) is 8.68. The number of para-hydroxylation sites is 1. The number of benzene rings is 2. The fraction of sp³-hybridized carbons (Fsp3) is 0.190. The molecule has 0 bridgehead atoms. The molecule has 1 aromatic heterocycles. The molecule has 0 aliphatic carbocycles. The van der Waals surface area contributed by atoms with E-state index < -0.39 is 29.7 Å². The Labute approximate surface area is 164 Å². The zero-order valence-corrected chi connectivity index (χ0v) is 15.4. The van der Waals surface area contributed by atoms with Crippen LogP contribution in [0.15, 0.2) is 60.8 Å². The lowest BCUT2D eigenvalue weighted by molar-refractivity contribution is -0.143. The average molecular weight is 402 g/mol. The number of carbonyl (C=O) groups is 2. The number of hydrogen-bond acceptors (Lipinski definition) is 4. The van der Waals surface area contributed by atoms with Gasteiger partial charge in [-0.3, -0.25) is 9.78 Å². The molecule has 3 aromatic rings. The third kappa shape index (κ3) is 4.71. The number of rotatable bonds is 5. The van der Waals surface area contributed by atoms with Crippen molar-refractivity contribution >= 4 is 22.8 Å². The second-order valence-electron chi connectivity index (χ2n) is 6.33. The quantitative estimate of drug-likeness (QED) is 0.660. The highest BCUT2D eigenvalue weighted by Crippen LogP contribution is 2.29. The Balaban J connectivity index is 1.82. The Kier molecular flexibility index (Phi) is 5.81. The van der Waals surface area contributed by atoms with Gasteiger partial charge in [0.15, 0.2) is 0 Å². The number of pyridine rings is 1. The van der Waals surface area contributed by atoms with Gasteiger partial charge in [-0.1, -0.05) is 30.3 Å². The summed E-state index contributed by atoms with van der Waals surface area (Å²) in [5.74, 6) is -1.23. The summed E-state index contributed by atoms with van der Waals surface area (Å²) in [4.78, 5) is 29.1. The number of alkyl halides is 3. The third-order valence-corrected chi connectivity index (χ3v) is 4.39. The van der Waals surface area contributed by atoms with Crippen LogP contribution < -0.4 is 5.32 Å². The van der Waals surface area contributed by atoms with Crippen LogP contribution >= 0.6 is 0 Å². The Morgan fingerprint density at radius 1 is 1.07 bits per heavy atom. The molecule has 0 spiro atoms. The Morgan fingerprint density at radius 3 is 2.41 bits per heavy atom. The fourth-order valence-corrected chi connectivity index (χ4v) is 2.92. The summed E-state index contributed by atoms with van der Waals surface area (Å²) in [5, 5.41) is 3.36. The monoisotopic (exact) mass is 402 g/mol. The molecule has 150 valence electrons. The zero-order chi connectivity index (χ0) is 21.0. The molecule has 1 atom stereocenters. The van der Waals surface area contributed by atoms with Gasteiger partial charge in [-0.05, 0) is 29.8 Å². The number of esters is 1. The Bertz CT molecular complexity index is 1030. The number of amides is 1. The standard InChI is InChI=1S/C21H17F3N2O3/c1-29-20(28)17(12-13-7-9-15(10-8-13)21(22,23)24)26-19(27)16-6-2-4-14-5-3-11-25-18(14)16/h2-11,17H,12H2,1H3,(H,26,27)/t17-/m0/s1. The predicted molar refractivity (Wildman–Crippen MR) is 100 cm³/mol. The van der Waals surface area contributed by atoms with Crippen molar-refractivity contribution in [2.75, 3.05) is 7.11 Å². The van der Waals surface area contributed by atoms with E-state index >= 15 is 0 Å². The number of halogens is 3. The van der Waals surface area contributed by atoms with Crippen molar-refractivity contribution in [2.24, 2.45) is 0 Å². The minimum absolute atomic E-state index is 0.0191. The number of hydrogen-bond donors (Lipinski definition) is 1. The van der Waals surface area contributed by atoms with Gasteiger partial charge in [0, 0.05) is 18.0 Å². The summed E-state index contributed by atoms with van der Waals surface area (Å²) in [6.45, 7) is 0. The van der Waals surface area contributed by atoms with E-state index in [9.17, 15) is 22.8 Å². The zero-order valence-electron chi connectivity index (χ0n) is 15.4. The van der Waals surface area contributed by atoms with E-state index in [1.807, 2.05) is 0 Å². The molecule has 0 saturated heterocycles. The highest BCUT2D eigenvalue weighted by Gasteiger charge is 2.30. The molecule has 0 radical (unpaired) electrons. The molecule has 0 unspecified atom stereocenters. The smallest absolute Gasteiger partial charge is 0.416 e. The molecule has 0 fully saturated rings. The number of carbonyl (C=O) groups excluding carboxylic acids is 2. The van der Waals surface area contributed by atoms with Crippen LogP contribution in [0.3, 0.4) is 0 Å². The first-order chi connectivity index (χ1) is 13.8. The first kappa shape index (κ1) is 20.3. The van der Waals surface area contributed by atoms with E-state index in [1.165, 1.54) is 19.2 Å². The minimum atomic E-state index is -4.45. The minimum Gasteiger partial charge on any atom is -0.467 e. The maximum absolute atomic E-state index is 12.8. The summed E-state index contributed by atoms with van der Waals surface area (Å²) < 4.78 is 42.9. The predicted octanol–water partition coefficient (Wildman–Crippen LogP) is 3.77. The maximum Gasteiger partial charge on any atom is 0.416 e. The van der Waals surface area contributed by atoms with Gasteiger partial charge in [0.2, 0.25) is 0 Å². The highest BCUT2D eigenvalue weighted by atomic mass is 19.4. The largest absolute Gasteiger partial charge is 0.467 e. The summed E-state index contributed by atoms with van der Waals surface area (Å²) in [5.41, 5.74) is 0.418. The van der Waals surface area contributed by atoms with Crippen molar-refractivity contribution < 1.29 is 27.5 Å². The second-order valence-corrected chi connectivity index (χ2v) is 6.33. The highest BCUT2D eigenvalue weighted by molar-refractivity contribution is 6.06. The molecule has 1 N–H and O–H groups in total. The van der Waals surface area contributed by atoms with Gasteiger partial charge in [0.1, 0.15) is 6.04 Å². The van der Waals surface area contributed by atoms with Gasteiger partial charge in [0.05, 0.1) is 23.8 Å². The number of aromatic nitrogens is 1. The van der Waals surface area contributed by atoms with Gasteiger partial charge in [-0.15, -0.1) is 0 Å². The molecule has 29 heavy (non-hydrogen) atoms. The summed E-state index contributed by atoms with van der Waals surface area (Å²) in [7, 11) is 1.17. The molecular weight excluding hydrogens is 385 g/mol. The molecule has 8 heteroatoms. The van der Waals surface area contributed by atoms with Crippen LogP contribution in [-0.4, -0.2) is 30.0 Å². The Hall–Kier alpha value is -3.42. The van der Waals surface area contributed by atoms with E-state index in [2.05, 4.69) is 10.3 Å². The molecule has 0 saturated carbocycles. The molecule has 0 aliphatic heterocycles. The number of methoxy groups -OCH3 is 1. The third-order valence-electron chi connectivity index (χ3n) is 4.39. The molecule has 2 aromatic carbocycles. The van der Waals surface area contributed by atoms with Gasteiger partial charge in [-0.25, -0.2) is 4.79 Å². The lowest BCUT2D eigenvalue weighted by Gasteiger charge is -2.17. The number of ether oxygens (including phenoxy) is 1.